The molecule has 0 unspecified atom stereocenters. The van der Waals surface area contributed by atoms with Crippen molar-refractivity contribution in [2.24, 2.45) is 0 Å². The molecular weight excluding hydrogens is 258 g/mol. The van der Waals surface area contributed by atoms with Gasteiger partial charge in [0.1, 0.15) is 5.82 Å². The molecule has 0 aromatic carbocycles. The Bertz CT molecular complexity index is 735. The molecule has 0 aliphatic carbocycles. The summed E-state index contributed by atoms with van der Waals surface area (Å²) in [5.41, 5.74) is 1.49. The van der Waals surface area contributed by atoms with Crippen LogP contribution in [0, 0.1) is 20.8 Å². The summed E-state index contributed by atoms with van der Waals surface area (Å²) in [4.78, 5) is 31.5. The first-order valence-corrected chi connectivity index (χ1v) is 6.13. The van der Waals surface area contributed by atoms with Crippen molar-refractivity contribution in [2.75, 3.05) is 0 Å². The zero-order valence-corrected chi connectivity index (χ0v) is 11.5. The van der Waals surface area contributed by atoms with Gasteiger partial charge in [-0.3, -0.25) is 4.79 Å². The fourth-order valence-electron chi connectivity index (χ4n) is 2.20. The van der Waals surface area contributed by atoms with Crippen LogP contribution in [-0.4, -0.2) is 25.6 Å². The van der Waals surface area contributed by atoms with Crippen LogP contribution in [0.5, 0.6) is 0 Å². The maximum absolute atomic E-state index is 12.1. The van der Waals surface area contributed by atoms with Crippen LogP contribution in [0.1, 0.15) is 33.1 Å². The average molecular weight is 273 g/mol. The van der Waals surface area contributed by atoms with E-state index in [1.54, 1.807) is 33.0 Å². The topological polar surface area (TPSA) is 85.1 Å². The van der Waals surface area contributed by atoms with Crippen molar-refractivity contribution in [2.45, 2.75) is 27.3 Å². The predicted octanol–water partition coefficient (Wildman–Crippen LogP) is 1.31. The van der Waals surface area contributed by atoms with Crippen molar-refractivity contribution in [3.63, 3.8) is 0 Å². The van der Waals surface area contributed by atoms with E-state index in [9.17, 15) is 14.7 Å². The Hall–Kier alpha value is -2.50. The number of aromatic nitrogens is 3. The van der Waals surface area contributed by atoms with E-state index in [0.717, 1.165) is 0 Å². The lowest BCUT2D eigenvalue weighted by atomic mass is 10.1. The van der Waals surface area contributed by atoms with Crippen molar-refractivity contribution in [3.8, 4) is 0 Å². The van der Waals surface area contributed by atoms with E-state index in [1.807, 2.05) is 0 Å². The second kappa shape index (κ2) is 5.24. The molecule has 2 aromatic heterocycles. The number of carbonyl (C=O) groups is 1. The van der Waals surface area contributed by atoms with Crippen LogP contribution in [0.3, 0.4) is 0 Å². The van der Waals surface area contributed by atoms with Gasteiger partial charge in [-0.2, -0.15) is 0 Å². The molecule has 1 N–H and O–H groups in total. The van der Waals surface area contributed by atoms with E-state index in [-0.39, 0.29) is 17.7 Å². The maximum atomic E-state index is 12.1. The van der Waals surface area contributed by atoms with Crippen molar-refractivity contribution < 1.29 is 9.90 Å². The second-order valence-corrected chi connectivity index (χ2v) is 4.61. The summed E-state index contributed by atoms with van der Waals surface area (Å²) in [6, 6.07) is 3.05. The van der Waals surface area contributed by atoms with Crippen molar-refractivity contribution in [1.29, 1.82) is 0 Å². The largest absolute Gasteiger partial charge is 0.478 e. The van der Waals surface area contributed by atoms with E-state index in [1.165, 1.54) is 10.6 Å². The molecule has 2 heterocycles. The lowest BCUT2D eigenvalue weighted by Crippen LogP contribution is -2.26. The van der Waals surface area contributed by atoms with Crippen LogP contribution < -0.4 is 5.56 Å². The summed E-state index contributed by atoms with van der Waals surface area (Å²) < 4.78 is 1.41. The number of rotatable bonds is 3. The molecule has 0 saturated carbocycles. The first kappa shape index (κ1) is 13.9. The number of hydrogen-bond donors (Lipinski definition) is 1. The van der Waals surface area contributed by atoms with E-state index in [4.69, 9.17) is 0 Å². The Kier molecular flexibility index (Phi) is 3.65. The number of hydrogen-bond acceptors (Lipinski definition) is 4. The molecule has 2 rings (SSSR count). The van der Waals surface area contributed by atoms with E-state index in [2.05, 4.69) is 9.97 Å². The van der Waals surface area contributed by atoms with Gasteiger partial charge in [0.2, 0.25) is 0 Å². The molecule has 0 bridgehead atoms. The fraction of sp³-hybridized carbons (Fsp3) is 0.286. The molecule has 0 radical (unpaired) electrons. The lowest BCUT2D eigenvalue weighted by Gasteiger charge is -2.13. The summed E-state index contributed by atoms with van der Waals surface area (Å²) in [6.07, 6.45) is 1.62. The van der Waals surface area contributed by atoms with Crippen molar-refractivity contribution in [3.05, 3.63) is 57.0 Å². The lowest BCUT2D eigenvalue weighted by molar-refractivity contribution is 0.0694. The number of carboxylic acids is 1. The smallest absolute Gasteiger partial charge is 0.337 e. The highest BCUT2D eigenvalue weighted by atomic mass is 16.4. The highest BCUT2D eigenvalue weighted by Gasteiger charge is 2.16. The first-order chi connectivity index (χ1) is 9.40. The van der Waals surface area contributed by atoms with Crippen molar-refractivity contribution >= 4 is 5.97 Å². The van der Waals surface area contributed by atoms with Crippen LogP contribution in [-0.2, 0) is 6.54 Å². The van der Waals surface area contributed by atoms with Gasteiger partial charge in [-0.05, 0) is 32.4 Å². The number of carboxylic acid groups (broad SMARTS) is 1. The third-order valence-corrected chi connectivity index (χ3v) is 3.13. The maximum Gasteiger partial charge on any atom is 0.337 e. The molecule has 6 nitrogen and oxygen atoms in total. The summed E-state index contributed by atoms with van der Waals surface area (Å²) >= 11 is 0. The van der Waals surface area contributed by atoms with Crippen LogP contribution in [0.4, 0.5) is 0 Å². The third-order valence-electron chi connectivity index (χ3n) is 3.13. The number of aryl methyl sites for hydroxylation is 2. The SMILES string of the molecule is Cc1nccc(Cn2c(C)c(C(=O)O)c(C)cc2=O)n1. The second-order valence-electron chi connectivity index (χ2n) is 4.61. The Morgan fingerprint density at radius 2 is 2.05 bits per heavy atom. The molecule has 2 aromatic rings. The molecule has 0 amide bonds. The van der Waals surface area contributed by atoms with Crippen LogP contribution >= 0.6 is 0 Å². The monoisotopic (exact) mass is 273 g/mol. The van der Waals surface area contributed by atoms with E-state index < -0.39 is 5.97 Å². The quantitative estimate of drug-likeness (QED) is 0.911. The number of pyridine rings is 1. The average Bonchev–Trinajstić information content (AvgIpc) is 2.33. The molecule has 0 atom stereocenters. The first-order valence-electron chi connectivity index (χ1n) is 6.13. The standard InChI is InChI=1S/C14H15N3O3/c1-8-6-12(18)17(9(2)13(8)14(19)20)7-11-4-5-15-10(3)16-11/h4-6H,7H2,1-3H3,(H,19,20). The predicted molar refractivity (Wildman–Crippen MR) is 73.0 cm³/mol. The normalized spacial score (nSPS) is 10.6. The van der Waals surface area contributed by atoms with Gasteiger partial charge in [-0.25, -0.2) is 14.8 Å². The molecular formula is C14H15N3O3. The third kappa shape index (κ3) is 2.59. The highest BCUT2D eigenvalue weighted by Crippen LogP contribution is 2.12. The number of aromatic carboxylic acids is 1. The van der Waals surface area contributed by atoms with Gasteiger partial charge in [-0.15, -0.1) is 0 Å². The Labute approximate surface area is 115 Å². The Morgan fingerprint density at radius 3 is 2.65 bits per heavy atom. The van der Waals surface area contributed by atoms with E-state index >= 15 is 0 Å². The highest BCUT2D eigenvalue weighted by molar-refractivity contribution is 5.90. The van der Waals surface area contributed by atoms with E-state index in [0.29, 0.717) is 22.8 Å². The van der Waals surface area contributed by atoms with Gasteiger partial charge < -0.3 is 9.67 Å². The zero-order chi connectivity index (χ0) is 14.9. The van der Waals surface area contributed by atoms with Crippen LogP contribution in [0.15, 0.2) is 23.1 Å². The van der Waals surface area contributed by atoms with Gasteiger partial charge in [0.05, 0.1) is 17.8 Å². The van der Waals surface area contributed by atoms with Gasteiger partial charge in [0.25, 0.3) is 5.56 Å². The van der Waals surface area contributed by atoms with Gasteiger partial charge >= 0.3 is 5.97 Å². The van der Waals surface area contributed by atoms with Gasteiger partial charge in [-0.1, -0.05) is 0 Å². The summed E-state index contributed by atoms with van der Waals surface area (Å²) in [5, 5.41) is 9.23. The minimum Gasteiger partial charge on any atom is -0.478 e. The molecule has 0 saturated heterocycles. The fourth-order valence-corrected chi connectivity index (χ4v) is 2.20. The summed E-state index contributed by atoms with van der Waals surface area (Å²) in [5.74, 6) is -0.425. The Morgan fingerprint density at radius 1 is 1.35 bits per heavy atom. The molecule has 104 valence electrons. The summed E-state index contributed by atoms with van der Waals surface area (Å²) in [7, 11) is 0. The molecule has 0 aliphatic rings. The van der Waals surface area contributed by atoms with Gasteiger partial charge in [0.15, 0.2) is 0 Å². The van der Waals surface area contributed by atoms with Crippen LogP contribution in [0.25, 0.3) is 0 Å². The Balaban J connectivity index is 2.55. The molecule has 6 heteroatoms. The minimum absolute atomic E-state index is 0.162. The summed E-state index contributed by atoms with van der Waals surface area (Å²) in [6.45, 7) is 5.24. The van der Waals surface area contributed by atoms with Crippen molar-refractivity contribution in [1.82, 2.24) is 14.5 Å². The molecule has 0 aliphatic heterocycles. The zero-order valence-electron chi connectivity index (χ0n) is 11.5. The van der Waals surface area contributed by atoms with Crippen LogP contribution in [0.2, 0.25) is 0 Å². The van der Waals surface area contributed by atoms with Gasteiger partial charge in [0, 0.05) is 18.0 Å². The minimum atomic E-state index is -1.03. The molecule has 0 fully saturated rings. The number of nitrogens with zero attached hydrogens (tertiary/aromatic N) is 3. The molecule has 0 spiro atoms. The molecule has 20 heavy (non-hydrogen) atoms.